The largest absolute Gasteiger partial charge is 0.490 e. The molecule has 1 saturated heterocycles. The lowest BCUT2D eigenvalue weighted by Gasteiger charge is -2.29. The molecule has 0 unspecified atom stereocenters. The SMILES string of the molecule is CN(C=O)[C@H]1CCCNC(=O)CC[C@@H](C(=O)O)CN[C@@H](CCc2ccccc2)C(=O)N1.O=C(O)C(F)(F)F. The maximum Gasteiger partial charge on any atom is 0.490 e. The van der Waals surface area contributed by atoms with Gasteiger partial charge in [-0.25, -0.2) is 4.79 Å². The first-order chi connectivity index (χ1) is 17.8. The summed E-state index contributed by atoms with van der Waals surface area (Å²) in [6.07, 6.45) is -2.47. The first-order valence-corrected chi connectivity index (χ1v) is 11.9. The van der Waals surface area contributed by atoms with Gasteiger partial charge < -0.3 is 31.1 Å². The summed E-state index contributed by atoms with van der Waals surface area (Å²) in [5.41, 5.74) is 1.07. The molecule has 14 heteroatoms. The fourth-order valence-corrected chi connectivity index (χ4v) is 3.51. The molecule has 0 spiro atoms. The third kappa shape index (κ3) is 12.5. The van der Waals surface area contributed by atoms with Crippen molar-refractivity contribution in [2.75, 3.05) is 20.1 Å². The second-order valence-electron chi connectivity index (χ2n) is 8.65. The van der Waals surface area contributed by atoms with Crippen LogP contribution in [0.25, 0.3) is 0 Å². The smallest absolute Gasteiger partial charge is 0.481 e. The molecule has 1 aromatic rings. The van der Waals surface area contributed by atoms with Crippen LogP contribution in [0.15, 0.2) is 30.3 Å². The summed E-state index contributed by atoms with van der Waals surface area (Å²) in [6, 6.07) is 9.10. The van der Waals surface area contributed by atoms with Crippen LogP contribution in [0.5, 0.6) is 0 Å². The van der Waals surface area contributed by atoms with Crippen molar-refractivity contribution in [3.05, 3.63) is 35.9 Å². The number of alkyl halides is 3. The van der Waals surface area contributed by atoms with E-state index in [1.807, 2.05) is 30.3 Å². The predicted octanol–water partition coefficient (Wildman–Crippen LogP) is 1.13. The van der Waals surface area contributed by atoms with Gasteiger partial charge in [-0.15, -0.1) is 0 Å². The Bertz CT molecular complexity index is 931. The van der Waals surface area contributed by atoms with Gasteiger partial charge in [-0.3, -0.25) is 19.2 Å². The predicted molar refractivity (Wildman–Crippen MR) is 129 cm³/mol. The van der Waals surface area contributed by atoms with E-state index in [9.17, 15) is 37.5 Å². The number of benzene rings is 1. The van der Waals surface area contributed by atoms with Crippen LogP contribution in [-0.4, -0.2) is 83.8 Å². The van der Waals surface area contributed by atoms with Gasteiger partial charge in [0.05, 0.1) is 12.0 Å². The van der Waals surface area contributed by atoms with Crippen molar-refractivity contribution >= 4 is 30.2 Å². The first-order valence-electron chi connectivity index (χ1n) is 11.9. The molecule has 1 fully saturated rings. The average Bonchev–Trinajstić information content (AvgIpc) is 2.86. The van der Waals surface area contributed by atoms with Crippen LogP contribution >= 0.6 is 0 Å². The molecule has 212 valence electrons. The topological polar surface area (TPSA) is 165 Å². The molecule has 1 aliphatic rings. The van der Waals surface area contributed by atoms with Crippen LogP contribution in [0.2, 0.25) is 0 Å². The fraction of sp³-hybridized carbons (Fsp3) is 0.542. The standard InChI is InChI=1S/C22H32N4O5.C2HF3O2/c1-26(15-27)19-8-5-13-23-20(28)12-10-17(22(30)31)14-24-18(21(29)25-19)11-9-16-6-3-2-4-7-16;3-2(4,5)1(6)7/h2-4,6-7,15,17-19,24H,5,8-14H2,1H3,(H,23,28)(H,25,29)(H,30,31);(H,6,7)/t17-,18+,19+;/m1./s1. The van der Waals surface area contributed by atoms with Crippen molar-refractivity contribution in [1.29, 1.82) is 0 Å². The molecular weight excluding hydrogens is 513 g/mol. The minimum absolute atomic E-state index is 0.0731. The highest BCUT2D eigenvalue weighted by Crippen LogP contribution is 2.13. The number of nitrogens with zero attached hydrogens (tertiary/aromatic N) is 1. The molecule has 1 aliphatic heterocycles. The van der Waals surface area contributed by atoms with Gasteiger partial charge in [0.2, 0.25) is 18.2 Å². The fourth-order valence-electron chi connectivity index (χ4n) is 3.51. The average molecular weight is 547 g/mol. The zero-order valence-electron chi connectivity index (χ0n) is 20.9. The van der Waals surface area contributed by atoms with Crippen molar-refractivity contribution in [3.8, 4) is 0 Å². The summed E-state index contributed by atoms with van der Waals surface area (Å²) in [5.74, 6) is -5.03. The number of carbonyl (C=O) groups excluding carboxylic acids is 3. The van der Waals surface area contributed by atoms with Gasteiger partial charge in [-0.05, 0) is 37.7 Å². The van der Waals surface area contributed by atoms with Gasteiger partial charge in [-0.1, -0.05) is 30.3 Å². The van der Waals surface area contributed by atoms with E-state index in [1.165, 1.54) is 4.90 Å². The highest BCUT2D eigenvalue weighted by Gasteiger charge is 2.38. The minimum Gasteiger partial charge on any atom is -0.481 e. The van der Waals surface area contributed by atoms with E-state index < -0.39 is 36.2 Å². The van der Waals surface area contributed by atoms with Crippen LogP contribution in [0.3, 0.4) is 0 Å². The summed E-state index contributed by atoms with van der Waals surface area (Å²) in [6.45, 7) is 0.467. The second kappa shape index (κ2) is 16.2. The number of halogens is 3. The number of hydrogen-bond donors (Lipinski definition) is 5. The minimum atomic E-state index is -5.08. The molecule has 5 N–H and O–H groups in total. The van der Waals surface area contributed by atoms with Gasteiger partial charge in [0.15, 0.2) is 0 Å². The number of nitrogens with one attached hydrogen (secondary N) is 3. The van der Waals surface area contributed by atoms with Gasteiger partial charge in [0, 0.05) is 26.6 Å². The molecule has 0 aliphatic carbocycles. The van der Waals surface area contributed by atoms with Crippen molar-refractivity contribution in [2.24, 2.45) is 5.92 Å². The summed E-state index contributed by atoms with van der Waals surface area (Å²) in [4.78, 5) is 58.2. The van der Waals surface area contributed by atoms with Crippen molar-refractivity contribution in [3.63, 3.8) is 0 Å². The third-order valence-corrected chi connectivity index (χ3v) is 5.75. The van der Waals surface area contributed by atoms with Gasteiger partial charge in [0.25, 0.3) is 0 Å². The Morgan fingerprint density at radius 3 is 2.32 bits per heavy atom. The van der Waals surface area contributed by atoms with Crippen LogP contribution < -0.4 is 16.0 Å². The Balaban J connectivity index is 0.000000905. The van der Waals surface area contributed by atoms with Crippen LogP contribution in [0.1, 0.15) is 37.7 Å². The number of rotatable bonds is 6. The summed E-state index contributed by atoms with van der Waals surface area (Å²) in [7, 11) is 1.59. The van der Waals surface area contributed by atoms with E-state index >= 15 is 0 Å². The molecule has 0 bridgehead atoms. The molecular formula is C24H33F3N4O7. The molecule has 11 nitrogen and oxygen atoms in total. The highest BCUT2D eigenvalue weighted by atomic mass is 19.4. The number of aryl methyl sites for hydroxylation is 1. The molecule has 0 aromatic heterocycles. The lowest BCUT2D eigenvalue weighted by Crippen LogP contribution is -2.53. The Labute approximate surface area is 217 Å². The molecule has 1 aromatic carbocycles. The maximum atomic E-state index is 13.0. The monoisotopic (exact) mass is 546 g/mol. The Kier molecular flexibility index (Phi) is 13.8. The molecule has 0 radical (unpaired) electrons. The number of carbonyl (C=O) groups is 5. The zero-order chi connectivity index (χ0) is 28.7. The Morgan fingerprint density at radius 1 is 1.13 bits per heavy atom. The van der Waals surface area contributed by atoms with Gasteiger partial charge in [-0.2, -0.15) is 13.2 Å². The highest BCUT2D eigenvalue weighted by molar-refractivity contribution is 5.82. The lowest BCUT2D eigenvalue weighted by atomic mass is 10.0. The van der Waals surface area contributed by atoms with E-state index in [-0.39, 0.29) is 31.2 Å². The van der Waals surface area contributed by atoms with Gasteiger partial charge in [0.1, 0.15) is 6.17 Å². The van der Waals surface area contributed by atoms with Crippen molar-refractivity contribution in [1.82, 2.24) is 20.9 Å². The number of aliphatic carboxylic acids is 2. The van der Waals surface area contributed by atoms with Crippen LogP contribution in [0.4, 0.5) is 13.2 Å². The van der Waals surface area contributed by atoms with E-state index in [1.54, 1.807) is 7.05 Å². The molecule has 0 saturated carbocycles. The normalized spacial score (nSPS) is 21.4. The van der Waals surface area contributed by atoms with E-state index in [4.69, 9.17) is 9.90 Å². The molecule has 1 heterocycles. The van der Waals surface area contributed by atoms with Crippen LogP contribution in [-0.2, 0) is 30.4 Å². The molecule has 38 heavy (non-hydrogen) atoms. The van der Waals surface area contributed by atoms with Crippen molar-refractivity contribution in [2.45, 2.75) is 56.9 Å². The maximum absolute atomic E-state index is 13.0. The molecule has 2 rings (SSSR count). The number of amides is 3. The summed E-state index contributed by atoms with van der Waals surface area (Å²) >= 11 is 0. The van der Waals surface area contributed by atoms with Crippen LogP contribution in [0, 0.1) is 5.92 Å². The molecule has 3 atom stereocenters. The number of carboxylic acid groups (broad SMARTS) is 2. The Morgan fingerprint density at radius 2 is 1.76 bits per heavy atom. The summed E-state index contributed by atoms with van der Waals surface area (Å²) in [5, 5.41) is 25.4. The molecule has 3 amide bonds. The quantitative estimate of drug-likeness (QED) is 0.331. The zero-order valence-corrected chi connectivity index (χ0v) is 20.9. The van der Waals surface area contributed by atoms with E-state index in [2.05, 4.69) is 16.0 Å². The third-order valence-electron chi connectivity index (χ3n) is 5.75. The lowest BCUT2D eigenvalue weighted by molar-refractivity contribution is -0.192. The first kappa shape index (κ1) is 32.3. The Hall–Kier alpha value is -3.68. The number of hydrogen-bond acceptors (Lipinski definition) is 6. The van der Waals surface area contributed by atoms with Crippen molar-refractivity contribution < 1.29 is 47.4 Å². The van der Waals surface area contributed by atoms with E-state index in [0.717, 1.165) is 5.56 Å². The second-order valence-corrected chi connectivity index (χ2v) is 8.65. The van der Waals surface area contributed by atoms with E-state index in [0.29, 0.717) is 38.6 Å². The summed E-state index contributed by atoms with van der Waals surface area (Å²) < 4.78 is 31.7. The van der Waals surface area contributed by atoms with Gasteiger partial charge >= 0.3 is 18.1 Å². The number of carboxylic acids is 2.